The number of aromatic nitrogens is 2. The van der Waals surface area contributed by atoms with Gasteiger partial charge in [-0.15, -0.1) is 0 Å². The van der Waals surface area contributed by atoms with Crippen molar-refractivity contribution >= 4 is 16.7 Å². The molecule has 3 aromatic rings. The van der Waals surface area contributed by atoms with Crippen molar-refractivity contribution in [2.24, 2.45) is 7.05 Å². The summed E-state index contributed by atoms with van der Waals surface area (Å²) in [5.41, 5.74) is 3.81. The van der Waals surface area contributed by atoms with Crippen molar-refractivity contribution in [2.45, 2.75) is 65.3 Å². The van der Waals surface area contributed by atoms with Crippen LogP contribution in [0, 0.1) is 11.3 Å². The number of piperazine rings is 1. The van der Waals surface area contributed by atoms with Crippen LogP contribution in [0.5, 0.6) is 5.75 Å². The van der Waals surface area contributed by atoms with Gasteiger partial charge in [-0.05, 0) is 63.9 Å². The fraction of sp³-hybridized carbons (Fsp3) is 0.464. The smallest absolute Gasteiger partial charge is 0.252 e. The highest BCUT2D eigenvalue weighted by Crippen LogP contribution is 2.33. The normalized spacial score (nSPS) is 19.7. The number of pyridine rings is 2. The number of nitrogens with zero attached hydrogens (tertiary/aromatic N) is 5. The summed E-state index contributed by atoms with van der Waals surface area (Å²) in [6.07, 6.45) is 1.14. The summed E-state index contributed by atoms with van der Waals surface area (Å²) in [7, 11) is 1.75. The first kappa shape index (κ1) is 24.7. The van der Waals surface area contributed by atoms with E-state index in [2.05, 4.69) is 65.9 Å². The van der Waals surface area contributed by atoms with E-state index in [1.54, 1.807) is 23.7 Å². The van der Waals surface area contributed by atoms with Crippen molar-refractivity contribution in [1.29, 1.82) is 5.26 Å². The molecule has 7 heteroatoms. The predicted octanol–water partition coefficient (Wildman–Crippen LogP) is 4.64. The Labute approximate surface area is 207 Å². The molecule has 0 aliphatic carbocycles. The zero-order valence-electron chi connectivity index (χ0n) is 21.5. The van der Waals surface area contributed by atoms with Crippen molar-refractivity contribution < 1.29 is 4.74 Å². The molecule has 3 atom stereocenters. The van der Waals surface area contributed by atoms with Gasteiger partial charge in [0.15, 0.2) is 0 Å². The highest BCUT2D eigenvalue weighted by atomic mass is 16.5. The van der Waals surface area contributed by atoms with Crippen LogP contribution < -0.4 is 15.2 Å². The van der Waals surface area contributed by atoms with Crippen LogP contribution in [-0.2, 0) is 7.05 Å². The molecule has 7 nitrogen and oxygen atoms in total. The van der Waals surface area contributed by atoms with E-state index in [0.29, 0.717) is 17.3 Å². The van der Waals surface area contributed by atoms with Gasteiger partial charge in [0.1, 0.15) is 23.0 Å². The molecule has 3 heterocycles. The maximum absolute atomic E-state index is 12.8. The van der Waals surface area contributed by atoms with Gasteiger partial charge < -0.3 is 14.2 Å². The zero-order chi connectivity index (χ0) is 25.3. The van der Waals surface area contributed by atoms with Gasteiger partial charge in [-0.3, -0.25) is 9.69 Å². The number of rotatable bonds is 6. The molecule has 0 saturated carbocycles. The number of aryl methyl sites for hydroxylation is 1. The highest BCUT2D eigenvalue weighted by molar-refractivity contribution is 5.89. The van der Waals surface area contributed by atoms with E-state index < -0.39 is 0 Å². The standard InChI is InChI=1S/C28H35N5O2/c1-7-23-17-32(26-14-27(34)31(6)25-13-10-22(15-29)30-28(25)26)19(4)16-33(23)20(5)21-8-11-24(12-9-21)35-18(2)3/h8-14,18-20,23H,7,16-17H2,1-6H3/t19-,20?,23+/m0/s1. The van der Waals surface area contributed by atoms with E-state index >= 15 is 0 Å². The number of hydrogen-bond donors (Lipinski definition) is 0. The van der Waals surface area contributed by atoms with Crippen LogP contribution >= 0.6 is 0 Å². The molecule has 1 saturated heterocycles. The van der Waals surface area contributed by atoms with Crippen LogP contribution in [0.4, 0.5) is 5.69 Å². The fourth-order valence-corrected chi connectivity index (χ4v) is 5.12. The van der Waals surface area contributed by atoms with Crippen molar-refractivity contribution in [3.63, 3.8) is 0 Å². The van der Waals surface area contributed by atoms with Gasteiger partial charge in [0, 0.05) is 44.3 Å². The summed E-state index contributed by atoms with van der Waals surface area (Å²) >= 11 is 0. The number of anilines is 1. The molecule has 1 unspecified atom stereocenters. The Morgan fingerprint density at radius 2 is 1.86 bits per heavy atom. The van der Waals surface area contributed by atoms with Crippen molar-refractivity contribution in [2.75, 3.05) is 18.0 Å². The van der Waals surface area contributed by atoms with E-state index in [-0.39, 0.29) is 23.7 Å². The monoisotopic (exact) mass is 473 g/mol. The Bertz CT molecular complexity index is 1290. The van der Waals surface area contributed by atoms with Crippen LogP contribution in [0.1, 0.15) is 58.3 Å². The van der Waals surface area contributed by atoms with Crippen molar-refractivity contribution in [1.82, 2.24) is 14.5 Å². The van der Waals surface area contributed by atoms with Crippen molar-refractivity contribution in [3.8, 4) is 11.8 Å². The molecule has 0 spiro atoms. The van der Waals surface area contributed by atoms with E-state index in [9.17, 15) is 10.1 Å². The maximum Gasteiger partial charge on any atom is 0.252 e. The molecule has 0 amide bonds. The summed E-state index contributed by atoms with van der Waals surface area (Å²) in [6.45, 7) is 12.4. The van der Waals surface area contributed by atoms with E-state index in [0.717, 1.165) is 36.5 Å². The van der Waals surface area contributed by atoms with Crippen LogP contribution in [0.25, 0.3) is 11.0 Å². The Kier molecular flexibility index (Phi) is 7.13. The lowest BCUT2D eigenvalue weighted by molar-refractivity contribution is 0.106. The molecular weight excluding hydrogens is 438 g/mol. The molecule has 1 aliphatic heterocycles. The first-order valence-corrected chi connectivity index (χ1v) is 12.4. The van der Waals surface area contributed by atoms with E-state index in [1.165, 1.54) is 5.56 Å². The molecule has 4 rings (SSSR count). The second-order valence-electron chi connectivity index (χ2n) is 9.77. The Morgan fingerprint density at radius 1 is 1.14 bits per heavy atom. The number of benzene rings is 1. The third-order valence-corrected chi connectivity index (χ3v) is 7.08. The number of ether oxygens (including phenoxy) is 1. The van der Waals surface area contributed by atoms with Crippen LogP contribution in [-0.4, -0.2) is 45.7 Å². The summed E-state index contributed by atoms with van der Waals surface area (Å²) in [4.78, 5) is 22.2. The van der Waals surface area contributed by atoms with Gasteiger partial charge in [-0.1, -0.05) is 19.1 Å². The van der Waals surface area contributed by atoms with Crippen LogP contribution in [0.15, 0.2) is 47.3 Å². The third-order valence-electron chi connectivity index (χ3n) is 7.08. The molecule has 35 heavy (non-hydrogen) atoms. The molecule has 1 aromatic carbocycles. The predicted molar refractivity (Wildman–Crippen MR) is 140 cm³/mol. The minimum Gasteiger partial charge on any atom is -0.491 e. The first-order chi connectivity index (χ1) is 16.7. The average molecular weight is 474 g/mol. The SMILES string of the molecule is CC[C@@H]1CN(c2cc(=O)n(C)c3ccc(C#N)nc23)[C@@H](C)CN1C(C)c1ccc(OC(C)C)cc1. The molecule has 1 aliphatic rings. The van der Waals surface area contributed by atoms with Gasteiger partial charge in [-0.25, -0.2) is 4.98 Å². The Balaban J connectivity index is 1.64. The van der Waals surface area contributed by atoms with Gasteiger partial charge in [-0.2, -0.15) is 5.26 Å². The van der Waals surface area contributed by atoms with Crippen LogP contribution in [0.3, 0.4) is 0 Å². The second kappa shape index (κ2) is 10.1. The third kappa shape index (κ3) is 4.89. The zero-order valence-corrected chi connectivity index (χ0v) is 21.5. The summed E-state index contributed by atoms with van der Waals surface area (Å²) < 4.78 is 7.41. The number of hydrogen-bond acceptors (Lipinski definition) is 6. The van der Waals surface area contributed by atoms with Gasteiger partial charge >= 0.3 is 0 Å². The summed E-state index contributed by atoms with van der Waals surface area (Å²) in [6, 6.07) is 16.5. The molecule has 0 bridgehead atoms. The lowest BCUT2D eigenvalue weighted by Crippen LogP contribution is -2.58. The number of fused-ring (bicyclic) bond motifs is 1. The molecule has 1 fully saturated rings. The van der Waals surface area contributed by atoms with Gasteiger partial charge in [0.2, 0.25) is 0 Å². The molecular formula is C28H35N5O2. The molecule has 0 radical (unpaired) electrons. The fourth-order valence-electron chi connectivity index (χ4n) is 5.12. The molecule has 0 N–H and O–H groups in total. The van der Waals surface area contributed by atoms with E-state index in [1.807, 2.05) is 19.9 Å². The quantitative estimate of drug-likeness (QED) is 0.519. The van der Waals surface area contributed by atoms with Crippen LogP contribution in [0.2, 0.25) is 0 Å². The minimum atomic E-state index is -0.0706. The van der Waals surface area contributed by atoms with E-state index in [4.69, 9.17) is 4.74 Å². The lowest BCUT2D eigenvalue weighted by Gasteiger charge is -2.48. The van der Waals surface area contributed by atoms with Gasteiger partial charge in [0.05, 0.1) is 17.3 Å². The summed E-state index contributed by atoms with van der Waals surface area (Å²) in [5, 5.41) is 9.41. The Morgan fingerprint density at radius 3 is 2.49 bits per heavy atom. The first-order valence-electron chi connectivity index (χ1n) is 12.4. The maximum atomic E-state index is 12.8. The largest absolute Gasteiger partial charge is 0.491 e. The second-order valence-corrected chi connectivity index (χ2v) is 9.77. The minimum absolute atomic E-state index is 0.0706. The molecule has 184 valence electrons. The highest BCUT2D eigenvalue weighted by Gasteiger charge is 2.35. The van der Waals surface area contributed by atoms with Crippen molar-refractivity contribution in [3.05, 3.63) is 64.1 Å². The average Bonchev–Trinajstić information content (AvgIpc) is 2.85. The Hall–Kier alpha value is -3.37. The van der Waals surface area contributed by atoms with Gasteiger partial charge in [0.25, 0.3) is 5.56 Å². The summed E-state index contributed by atoms with van der Waals surface area (Å²) in [5.74, 6) is 0.892. The topological polar surface area (TPSA) is 74.4 Å². The lowest BCUT2D eigenvalue weighted by atomic mass is 9.98. The molecule has 2 aromatic heterocycles. The number of nitriles is 1.